The van der Waals surface area contributed by atoms with Gasteiger partial charge in [0.15, 0.2) is 20.9 Å². The summed E-state index contributed by atoms with van der Waals surface area (Å²) in [6.45, 7) is 0. The summed E-state index contributed by atoms with van der Waals surface area (Å²) in [6.07, 6.45) is 1.75. The van der Waals surface area contributed by atoms with Crippen molar-refractivity contribution in [3.05, 3.63) is 46.0 Å². The average Bonchev–Trinajstić information content (AvgIpc) is 3.37. The zero-order chi connectivity index (χ0) is 19.0. The van der Waals surface area contributed by atoms with E-state index in [9.17, 15) is 4.79 Å². The number of fused-ring (bicyclic) bond motifs is 1. The van der Waals surface area contributed by atoms with E-state index in [2.05, 4.69) is 15.3 Å². The molecule has 3 aromatic heterocycles. The summed E-state index contributed by atoms with van der Waals surface area (Å²) < 4.78 is 12.3. The number of imidazole rings is 1. The number of amides is 1. The molecule has 0 saturated heterocycles. The number of rotatable bonds is 5. The van der Waals surface area contributed by atoms with Crippen molar-refractivity contribution in [2.24, 2.45) is 0 Å². The predicted molar refractivity (Wildman–Crippen MR) is 107 cm³/mol. The largest absolute Gasteiger partial charge is 0.497 e. The highest BCUT2D eigenvalue weighted by Gasteiger charge is 2.20. The monoisotopic (exact) mass is 420 g/mol. The number of thiazole rings is 2. The van der Waals surface area contributed by atoms with Gasteiger partial charge in [-0.15, -0.1) is 22.7 Å². The SMILES string of the molecule is COc1ccc(-c2csc(NC(=O)c3c(Cl)nc4sccn34)n2)c(OC)c1. The molecule has 0 bridgehead atoms. The Morgan fingerprint density at radius 1 is 1.22 bits per heavy atom. The summed E-state index contributed by atoms with van der Waals surface area (Å²) in [7, 11) is 3.18. The third-order valence-corrected chi connectivity index (χ3v) is 5.62. The number of carbonyl (C=O) groups excluding carboxylic acids is 1. The molecule has 0 aliphatic carbocycles. The highest BCUT2D eigenvalue weighted by Crippen LogP contribution is 2.35. The van der Waals surface area contributed by atoms with Crippen molar-refractivity contribution in [3.8, 4) is 22.8 Å². The molecule has 1 N–H and O–H groups in total. The average molecular weight is 421 g/mol. The molecular formula is C17H13ClN4O3S2. The van der Waals surface area contributed by atoms with Gasteiger partial charge in [-0.05, 0) is 12.1 Å². The molecule has 4 aromatic rings. The lowest BCUT2D eigenvalue weighted by Gasteiger charge is -2.08. The predicted octanol–water partition coefficient (Wildman–Crippen LogP) is 4.44. The summed E-state index contributed by atoms with van der Waals surface area (Å²) >= 11 is 8.82. The maximum absolute atomic E-state index is 12.6. The summed E-state index contributed by atoms with van der Waals surface area (Å²) in [5, 5.41) is 7.08. The number of ether oxygens (including phenoxy) is 2. The van der Waals surface area contributed by atoms with E-state index < -0.39 is 0 Å². The molecule has 0 saturated carbocycles. The van der Waals surface area contributed by atoms with Gasteiger partial charge in [0, 0.05) is 28.6 Å². The summed E-state index contributed by atoms with van der Waals surface area (Å²) in [6, 6.07) is 5.47. The van der Waals surface area contributed by atoms with Crippen LogP contribution in [0, 0.1) is 0 Å². The van der Waals surface area contributed by atoms with Gasteiger partial charge >= 0.3 is 0 Å². The van der Waals surface area contributed by atoms with Gasteiger partial charge < -0.3 is 9.47 Å². The molecule has 1 aromatic carbocycles. The number of hydrogen-bond acceptors (Lipinski definition) is 7. The number of benzene rings is 1. The van der Waals surface area contributed by atoms with E-state index in [1.807, 2.05) is 22.9 Å². The van der Waals surface area contributed by atoms with Gasteiger partial charge in [-0.2, -0.15) is 0 Å². The molecule has 0 aliphatic heterocycles. The fourth-order valence-corrected chi connectivity index (χ4v) is 4.31. The lowest BCUT2D eigenvalue weighted by Crippen LogP contribution is -2.14. The third kappa shape index (κ3) is 3.25. The fourth-order valence-electron chi connectivity index (χ4n) is 2.58. The van der Waals surface area contributed by atoms with Crippen LogP contribution in [0.3, 0.4) is 0 Å². The van der Waals surface area contributed by atoms with Crippen LogP contribution < -0.4 is 14.8 Å². The number of aromatic nitrogens is 3. The van der Waals surface area contributed by atoms with Gasteiger partial charge in [-0.25, -0.2) is 9.97 Å². The minimum absolute atomic E-state index is 0.160. The number of nitrogens with one attached hydrogen (secondary N) is 1. The number of halogens is 1. The summed E-state index contributed by atoms with van der Waals surface area (Å²) in [4.78, 5) is 21.9. The summed E-state index contributed by atoms with van der Waals surface area (Å²) in [5.74, 6) is 0.958. The molecule has 0 atom stereocenters. The number of hydrogen-bond donors (Lipinski definition) is 1. The maximum Gasteiger partial charge on any atom is 0.277 e. The van der Waals surface area contributed by atoms with Gasteiger partial charge in [-0.3, -0.25) is 14.5 Å². The van der Waals surface area contributed by atoms with Gasteiger partial charge in [0.05, 0.1) is 19.9 Å². The first-order valence-corrected chi connectivity index (χ1v) is 9.84. The van der Waals surface area contributed by atoms with Crippen molar-refractivity contribution in [1.82, 2.24) is 14.4 Å². The van der Waals surface area contributed by atoms with E-state index in [1.165, 1.54) is 22.7 Å². The van der Waals surface area contributed by atoms with Crippen molar-refractivity contribution >= 4 is 50.3 Å². The van der Waals surface area contributed by atoms with E-state index in [0.717, 1.165) is 5.56 Å². The molecule has 0 unspecified atom stereocenters. The maximum atomic E-state index is 12.6. The molecule has 27 heavy (non-hydrogen) atoms. The topological polar surface area (TPSA) is 77.8 Å². The van der Waals surface area contributed by atoms with Crippen LogP contribution in [-0.4, -0.2) is 34.5 Å². The second kappa shape index (κ2) is 7.18. The van der Waals surface area contributed by atoms with Crippen LogP contribution in [0.5, 0.6) is 11.5 Å². The van der Waals surface area contributed by atoms with E-state index >= 15 is 0 Å². The first-order valence-electron chi connectivity index (χ1n) is 7.71. The molecule has 0 spiro atoms. The van der Waals surface area contributed by atoms with Gasteiger partial charge in [0.25, 0.3) is 5.91 Å². The van der Waals surface area contributed by atoms with Crippen LogP contribution >= 0.6 is 34.3 Å². The molecule has 10 heteroatoms. The van der Waals surface area contributed by atoms with Crippen LogP contribution in [0.2, 0.25) is 5.15 Å². The first kappa shape index (κ1) is 17.8. The van der Waals surface area contributed by atoms with Crippen molar-refractivity contribution in [2.75, 3.05) is 19.5 Å². The smallest absolute Gasteiger partial charge is 0.277 e. The van der Waals surface area contributed by atoms with Crippen molar-refractivity contribution in [3.63, 3.8) is 0 Å². The normalized spacial score (nSPS) is 10.9. The Morgan fingerprint density at radius 2 is 2.07 bits per heavy atom. The molecule has 0 radical (unpaired) electrons. The Bertz CT molecular complexity index is 1130. The van der Waals surface area contributed by atoms with Gasteiger partial charge in [-0.1, -0.05) is 11.6 Å². The fraction of sp³-hybridized carbons (Fsp3) is 0.118. The second-order valence-corrected chi connectivity index (χ2v) is 7.45. The van der Waals surface area contributed by atoms with E-state index in [-0.39, 0.29) is 16.8 Å². The van der Waals surface area contributed by atoms with Crippen molar-refractivity contribution in [1.29, 1.82) is 0 Å². The number of methoxy groups -OCH3 is 2. The van der Waals surface area contributed by atoms with E-state index in [4.69, 9.17) is 21.1 Å². The molecule has 7 nitrogen and oxygen atoms in total. The molecular weight excluding hydrogens is 408 g/mol. The molecule has 4 rings (SSSR count). The Labute approximate surface area is 167 Å². The Kier molecular flexibility index (Phi) is 4.73. The Hall–Kier alpha value is -2.62. The minimum Gasteiger partial charge on any atom is -0.497 e. The lowest BCUT2D eigenvalue weighted by atomic mass is 10.1. The lowest BCUT2D eigenvalue weighted by molar-refractivity contribution is 0.102. The molecule has 0 aliphatic rings. The molecule has 3 heterocycles. The number of anilines is 1. The number of nitrogens with zero attached hydrogens (tertiary/aromatic N) is 3. The summed E-state index contributed by atoms with van der Waals surface area (Å²) in [5.41, 5.74) is 1.78. The Morgan fingerprint density at radius 3 is 2.85 bits per heavy atom. The standard InChI is InChI=1S/C17H13ClN4O3S2/c1-24-9-3-4-10(12(7-9)25-2)11-8-27-16(19-11)21-15(23)13-14(18)20-17-22(13)5-6-26-17/h3-8H,1-2H3,(H,19,21,23). The highest BCUT2D eigenvalue weighted by molar-refractivity contribution is 7.15. The van der Waals surface area contributed by atoms with Crippen molar-refractivity contribution < 1.29 is 14.3 Å². The second-order valence-electron chi connectivity index (χ2n) is 5.37. The zero-order valence-corrected chi connectivity index (χ0v) is 16.6. The van der Waals surface area contributed by atoms with Gasteiger partial charge in [0.1, 0.15) is 11.5 Å². The van der Waals surface area contributed by atoms with Crippen LogP contribution in [-0.2, 0) is 0 Å². The highest BCUT2D eigenvalue weighted by atomic mass is 35.5. The third-order valence-electron chi connectivity index (χ3n) is 3.84. The molecule has 138 valence electrons. The molecule has 1 amide bonds. The van der Waals surface area contributed by atoms with Crippen LogP contribution in [0.1, 0.15) is 10.5 Å². The minimum atomic E-state index is -0.367. The zero-order valence-electron chi connectivity index (χ0n) is 14.2. The Balaban J connectivity index is 1.61. The molecule has 0 fully saturated rings. The van der Waals surface area contributed by atoms with Crippen LogP contribution in [0.15, 0.2) is 35.2 Å². The van der Waals surface area contributed by atoms with E-state index in [1.54, 1.807) is 30.9 Å². The van der Waals surface area contributed by atoms with Gasteiger partial charge in [0.2, 0.25) is 0 Å². The number of carbonyl (C=O) groups is 1. The van der Waals surface area contributed by atoms with Crippen LogP contribution in [0.25, 0.3) is 16.2 Å². The van der Waals surface area contributed by atoms with E-state index in [0.29, 0.717) is 27.3 Å². The van der Waals surface area contributed by atoms with Crippen LogP contribution in [0.4, 0.5) is 5.13 Å². The first-order chi connectivity index (χ1) is 13.1. The quantitative estimate of drug-likeness (QED) is 0.516. The van der Waals surface area contributed by atoms with Crippen molar-refractivity contribution in [2.45, 2.75) is 0 Å².